The fraction of sp³-hybridized carbons (Fsp3) is 0.409. The monoisotopic (exact) mass is 416 g/mol. The summed E-state index contributed by atoms with van der Waals surface area (Å²) in [5, 5.41) is 0. The number of carbonyl (C=O) groups excluding carboxylic acids is 1. The highest BCUT2D eigenvalue weighted by Gasteiger charge is 2.47. The predicted octanol–water partition coefficient (Wildman–Crippen LogP) is 3.14. The first-order valence-corrected chi connectivity index (χ1v) is 11.8. The van der Waals surface area contributed by atoms with Gasteiger partial charge in [-0.1, -0.05) is 42.5 Å². The van der Waals surface area contributed by atoms with Crippen molar-refractivity contribution in [2.24, 2.45) is 5.92 Å². The van der Waals surface area contributed by atoms with Gasteiger partial charge in [-0.2, -0.15) is 0 Å². The highest BCUT2D eigenvalue weighted by molar-refractivity contribution is 7.88. The van der Waals surface area contributed by atoms with Gasteiger partial charge in [-0.25, -0.2) is 17.5 Å². The fourth-order valence-corrected chi connectivity index (χ4v) is 5.17. The first kappa shape index (κ1) is 20.0. The molecule has 29 heavy (non-hydrogen) atoms. The number of rotatable bonds is 5. The van der Waals surface area contributed by atoms with Gasteiger partial charge in [-0.3, -0.25) is 4.79 Å². The summed E-state index contributed by atoms with van der Waals surface area (Å²) >= 11 is 0. The molecule has 0 bridgehead atoms. The zero-order valence-electron chi connectivity index (χ0n) is 16.3. The standard InChI is InChI=1S/C22H25FN2O3S/c1-29(27,28)24-15-7-6-12-25(14-15)22(26)20-13-19(20)17-9-3-2-8-16(17)18-10-4-5-11-21(18)23/h2-5,8-11,15,19-20,24H,6-7,12-14H2,1H3. The van der Waals surface area contributed by atoms with Gasteiger partial charge in [0.25, 0.3) is 0 Å². The second-order valence-corrected chi connectivity index (χ2v) is 9.81. The van der Waals surface area contributed by atoms with Crippen LogP contribution in [-0.2, 0) is 14.8 Å². The Bertz CT molecular complexity index is 1020. The minimum Gasteiger partial charge on any atom is -0.341 e. The summed E-state index contributed by atoms with van der Waals surface area (Å²) in [5.74, 6) is -0.256. The molecule has 1 aliphatic carbocycles. The number of likely N-dealkylation sites (tertiary alicyclic amines) is 1. The minimum absolute atomic E-state index is 0.0679. The van der Waals surface area contributed by atoms with E-state index in [4.69, 9.17) is 0 Å². The van der Waals surface area contributed by atoms with Gasteiger partial charge in [0.1, 0.15) is 5.82 Å². The maximum Gasteiger partial charge on any atom is 0.226 e. The topological polar surface area (TPSA) is 66.5 Å². The lowest BCUT2D eigenvalue weighted by Gasteiger charge is -2.33. The van der Waals surface area contributed by atoms with Crippen molar-refractivity contribution in [3.05, 3.63) is 59.9 Å². The van der Waals surface area contributed by atoms with Crippen molar-refractivity contribution in [2.75, 3.05) is 19.3 Å². The third-order valence-corrected chi connectivity index (χ3v) is 6.51. The molecule has 7 heteroatoms. The summed E-state index contributed by atoms with van der Waals surface area (Å²) in [4.78, 5) is 14.8. The molecule has 1 heterocycles. The first-order chi connectivity index (χ1) is 13.8. The quantitative estimate of drug-likeness (QED) is 0.814. The van der Waals surface area contributed by atoms with Crippen LogP contribution in [0.3, 0.4) is 0 Å². The summed E-state index contributed by atoms with van der Waals surface area (Å²) in [7, 11) is -3.30. The molecule has 4 rings (SSSR count). The lowest BCUT2D eigenvalue weighted by molar-refractivity contribution is -0.133. The second-order valence-electron chi connectivity index (χ2n) is 8.03. The number of piperidine rings is 1. The summed E-state index contributed by atoms with van der Waals surface area (Å²) in [6.07, 6.45) is 3.40. The summed E-state index contributed by atoms with van der Waals surface area (Å²) in [6.45, 7) is 1.06. The number of halogens is 1. The van der Waals surface area contributed by atoms with Crippen LogP contribution < -0.4 is 4.72 Å². The van der Waals surface area contributed by atoms with Crippen molar-refractivity contribution in [2.45, 2.75) is 31.2 Å². The molecule has 0 spiro atoms. The van der Waals surface area contributed by atoms with Crippen LogP contribution in [0.1, 0.15) is 30.7 Å². The lowest BCUT2D eigenvalue weighted by Crippen LogP contribution is -2.49. The summed E-state index contributed by atoms with van der Waals surface area (Å²) < 4.78 is 40.0. The van der Waals surface area contributed by atoms with E-state index in [1.165, 1.54) is 6.07 Å². The molecule has 0 radical (unpaired) electrons. The van der Waals surface area contributed by atoms with E-state index in [-0.39, 0.29) is 29.6 Å². The van der Waals surface area contributed by atoms with Crippen LogP contribution in [0.25, 0.3) is 11.1 Å². The molecule has 1 amide bonds. The van der Waals surface area contributed by atoms with Gasteiger partial charge in [0.05, 0.1) is 6.26 Å². The Morgan fingerprint density at radius 2 is 1.79 bits per heavy atom. The van der Waals surface area contributed by atoms with Crippen molar-refractivity contribution in [1.82, 2.24) is 9.62 Å². The van der Waals surface area contributed by atoms with Crippen LogP contribution in [0.15, 0.2) is 48.5 Å². The summed E-state index contributed by atoms with van der Waals surface area (Å²) in [6, 6.07) is 14.2. The molecule has 1 saturated heterocycles. The lowest BCUT2D eigenvalue weighted by atomic mass is 9.95. The number of nitrogens with one attached hydrogen (secondary N) is 1. The van der Waals surface area contributed by atoms with Crippen molar-refractivity contribution >= 4 is 15.9 Å². The third kappa shape index (κ3) is 4.51. The number of sulfonamides is 1. The number of carbonyl (C=O) groups is 1. The fourth-order valence-electron chi connectivity index (χ4n) is 4.37. The molecule has 0 aromatic heterocycles. The molecule has 3 atom stereocenters. The molecule has 1 aliphatic heterocycles. The highest BCUT2D eigenvalue weighted by atomic mass is 32.2. The molecule has 2 aromatic rings. The van der Waals surface area contributed by atoms with E-state index in [1.807, 2.05) is 30.3 Å². The molecule has 1 N–H and O–H groups in total. The van der Waals surface area contributed by atoms with E-state index >= 15 is 0 Å². The second kappa shape index (κ2) is 7.88. The molecule has 2 fully saturated rings. The van der Waals surface area contributed by atoms with E-state index < -0.39 is 10.0 Å². The normalized spacial score (nSPS) is 24.3. The first-order valence-electron chi connectivity index (χ1n) is 9.93. The predicted molar refractivity (Wildman–Crippen MR) is 110 cm³/mol. The van der Waals surface area contributed by atoms with Crippen molar-refractivity contribution < 1.29 is 17.6 Å². The number of hydrogen-bond donors (Lipinski definition) is 1. The molecule has 2 aliphatic rings. The average Bonchev–Trinajstić information content (AvgIpc) is 3.47. The smallest absolute Gasteiger partial charge is 0.226 e. The molecule has 5 nitrogen and oxygen atoms in total. The Balaban J connectivity index is 1.49. The third-order valence-electron chi connectivity index (χ3n) is 5.75. The van der Waals surface area contributed by atoms with Gasteiger partial charge in [0.15, 0.2) is 0 Å². The van der Waals surface area contributed by atoms with Crippen LogP contribution in [0, 0.1) is 11.7 Å². The zero-order valence-corrected chi connectivity index (χ0v) is 17.2. The molecule has 1 saturated carbocycles. The van der Waals surface area contributed by atoms with Crippen LogP contribution in [0.5, 0.6) is 0 Å². The van der Waals surface area contributed by atoms with Gasteiger partial charge in [0.2, 0.25) is 15.9 Å². The van der Waals surface area contributed by atoms with Crippen LogP contribution in [-0.4, -0.2) is 44.6 Å². The highest BCUT2D eigenvalue weighted by Crippen LogP contribution is 2.51. The van der Waals surface area contributed by atoms with E-state index in [2.05, 4.69) is 4.72 Å². The molecule has 3 unspecified atom stereocenters. The molecular formula is C22H25FN2O3S. The van der Waals surface area contributed by atoms with Crippen LogP contribution in [0.2, 0.25) is 0 Å². The van der Waals surface area contributed by atoms with Gasteiger partial charge < -0.3 is 4.90 Å². The minimum atomic E-state index is -3.30. The van der Waals surface area contributed by atoms with Crippen molar-refractivity contribution in [1.29, 1.82) is 0 Å². The van der Waals surface area contributed by atoms with E-state index in [1.54, 1.807) is 17.0 Å². The Labute approximate surface area is 171 Å². The van der Waals surface area contributed by atoms with Crippen molar-refractivity contribution in [3.8, 4) is 11.1 Å². The Hall–Kier alpha value is -2.25. The van der Waals surface area contributed by atoms with E-state index in [0.717, 1.165) is 36.6 Å². The van der Waals surface area contributed by atoms with Gasteiger partial charge >= 0.3 is 0 Å². The number of benzene rings is 2. The number of nitrogens with zero attached hydrogens (tertiary/aromatic N) is 1. The van der Waals surface area contributed by atoms with E-state index in [0.29, 0.717) is 18.7 Å². The molecule has 2 aromatic carbocycles. The Kier molecular flexibility index (Phi) is 5.44. The van der Waals surface area contributed by atoms with Crippen molar-refractivity contribution in [3.63, 3.8) is 0 Å². The maximum atomic E-state index is 14.3. The number of amides is 1. The van der Waals surface area contributed by atoms with Crippen LogP contribution in [0.4, 0.5) is 4.39 Å². The SMILES string of the molecule is CS(=O)(=O)NC1CCCN(C(=O)C2CC2c2ccccc2-c2ccccc2F)C1. The average molecular weight is 417 g/mol. The summed E-state index contributed by atoms with van der Waals surface area (Å²) in [5.41, 5.74) is 2.39. The zero-order chi connectivity index (χ0) is 20.6. The number of hydrogen-bond acceptors (Lipinski definition) is 3. The van der Waals surface area contributed by atoms with E-state index in [9.17, 15) is 17.6 Å². The largest absolute Gasteiger partial charge is 0.341 e. The Morgan fingerprint density at radius 3 is 2.52 bits per heavy atom. The van der Waals surface area contributed by atoms with Gasteiger partial charge in [-0.15, -0.1) is 0 Å². The maximum absolute atomic E-state index is 14.3. The van der Waals surface area contributed by atoms with Gasteiger partial charge in [-0.05, 0) is 42.4 Å². The van der Waals surface area contributed by atoms with Gasteiger partial charge in [0, 0.05) is 30.6 Å². The van der Waals surface area contributed by atoms with Crippen LogP contribution >= 0.6 is 0 Å². The molecular weight excluding hydrogens is 391 g/mol. The Morgan fingerprint density at radius 1 is 1.10 bits per heavy atom. The molecule has 154 valence electrons.